The minimum atomic E-state index is -0.502. The third-order valence-corrected chi connectivity index (χ3v) is 21.5. The van der Waals surface area contributed by atoms with Gasteiger partial charge in [-0.3, -0.25) is 0 Å². The van der Waals surface area contributed by atoms with Crippen LogP contribution in [0.3, 0.4) is 0 Å². The molecule has 0 N–H and O–H groups in total. The van der Waals surface area contributed by atoms with Gasteiger partial charge in [-0.1, -0.05) is 87.2 Å². The van der Waals surface area contributed by atoms with Crippen LogP contribution in [0.15, 0.2) is 0 Å². The topological polar surface area (TPSA) is 3.24 Å². The highest BCUT2D eigenvalue weighted by Crippen LogP contribution is 2.17. The zero-order chi connectivity index (χ0) is 6.73. The fourth-order valence-corrected chi connectivity index (χ4v) is 34.5. The number of nitrogens with zero attached hydrogens (tertiary/aromatic N) is 1. The van der Waals surface area contributed by atoms with Crippen LogP contribution < -0.4 is 0 Å². The van der Waals surface area contributed by atoms with Gasteiger partial charge in [-0.2, -0.15) is 0 Å². The van der Waals surface area contributed by atoms with Gasteiger partial charge in [0.15, 0.2) is 0 Å². The van der Waals surface area contributed by atoms with Crippen molar-refractivity contribution in [1.29, 1.82) is 0 Å². The third-order valence-electron chi connectivity index (χ3n) is 0.616. The van der Waals surface area contributed by atoms with Gasteiger partial charge in [-0.25, -0.2) is 0 Å². The molecule has 8 heavy (non-hydrogen) atoms. The first-order valence-electron chi connectivity index (χ1n) is 1.84. The molecule has 0 atom stereocenters. The van der Waals surface area contributed by atoms with Gasteiger partial charge in [0, 0.05) is 0 Å². The van der Waals surface area contributed by atoms with Crippen LogP contribution in [0, 0.1) is 0 Å². The molecule has 0 aliphatic carbocycles. The maximum Gasteiger partial charge on any atom is 0.242 e. The Kier molecular flexibility index (Phi) is 8.34. The summed E-state index contributed by atoms with van der Waals surface area (Å²) in [6.45, 7) is 0. The Bertz CT molecular complexity index is 59.1. The van der Waals surface area contributed by atoms with Crippen LogP contribution in [0.5, 0.6) is 0 Å². The largest absolute Gasteiger partial charge is 0.322 e. The zero-order valence-electron chi connectivity index (χ0n) is 4.11. The normalized spacial score (nSPS) is 12.0. The summed E-state index contributed by atoms with van der Waals surface area (Å²) in [6.07, 6.45) is 0. The molecule has 0 fully saturated rings. The number of hydrogen-bond donors (Lipinski definition) is 0. The number of halogens is 4. The van der Waals surface area contributed by atoms with Gasteiger partial charge in [0.05, 0.1) is 0 Å². The maximum absolute atomic E-state index is 2.56. The minimum Gasteiger partial charge on any atom is -0.322 e. The van der Waals surface area contributed by atoms with Gasteiger partial charge in [0.2, 0.25) is 7.90 Å². The molecule has 0 unspecified atom stereocenters. The summed E-state index contributed by atoms with van der Waals surface area (Å²) in [5, 5.41) is 0. The summed E-state index contributed by atoms with van der Waals surface area (Å²) >= 11 is 10.2. The molecule has 7 heteroatoms. The Morgan fingerprint density at radius 1 is 1.00 bits per heavy atom. The van der Waals surface area contributed by atoms with Gasteiger partial charge in [-0.15, -0.1) is 0 Å². The van der Waals surface area contributed by atoms with E-state index >= 15 is 0 Å². The van der Waals surface area contributed by atoms with E-state index in [9.17, 15) is 0 Å². The first-order valence-corrected chi connectivity index (χ1v) is 19.6. The Morgan fingerprint density at radius 2 is 1.25 bits per heavy atom. The van der Waals surface area contributed by atoms with Gasteiger partial charge in [-0.05, 0) is 7.05 Å². The van der Waals surface area contributed by atoms with Crippen LogP contribution in [0.4, 0.5) is 0 Å². The standard InChI is InChI=1S/CH5I4NSi2/c1-6(7(2)3)8(4)5/h7-8H,1H3. The van der Waals surface area contributed by atoms with E-state index in [1.807, 2.05) is 0 Å². The molecule has 0 aromatic rings. The first-order chi connectivity index (χ1) is 3.55. The molecule has 0 aliphatic heterocycles. The average molecular weight is 595 g/mol. The molecule has 0 bridgehead atoms. The van der Waals surface area contributed by atoms with Crippen LogP contribution >= 0.6 is 87.2 Å². The molecule has 0 amide bonds. The molecule has 0 heterocycles. The van der Waals surface area contributed by atoms with E-state index in [0.717, 1.165) is 0 Å². The quantitative estimate of drug-likeness (QED) is 0.269. The predicted molar refractivity (Wildman–Crippen MR) is 78.1 cm³/mol. The van der Waals surface area contributed by atoms with Crippen molar-refractivity contribution in [1.82, 2.24) is 4.23 Å². The second-order valence-electron chi connectivity index (χ2n) is 1.22. The highest BCUT2D eigenvalue weighted by atomic mass is 127. The average Bonchev–Trinajstić information content (AvgIpc) is 1.64. The van der Waals surface area contributed by atoms with Crippen molar-refractivity contribution in [3.8, 4) is 0 Å². The maximum atomic E-state index is 2.56. The van der Waals surface area contributed by atoms with Crippen molar-refractivity contribution >= 4 is 95.1 Å². The monoisotopic (exact) mass is 595 g/mol. The van der Waals surface area contributed by atoms with E-state index < -0.39 is 7.90 Å². The van der Waals surface area contributed by atoms with Crippen LogP contribution in [0.1, 0.15) is 0 Å². The van der Waals surface area contributed by atoms with Crippen molar-refractivity contribution in [2.75, 3.05) is 7.05 Å². The lowest BCUT2D eigenvalue weighted by molar-refractivity contribution is 0.882. The highest BCUT2D eigenvalue weighted by molar-refractivity contribution is 14.3. The van der Waals surface area contributed by atoms with Crippen LogP contribution in [0.25, 0.3) is 0 Å². The minimum absolute atomic E-state index is 0.502. The van der Waals surface area contributed by atoms with Crippen molar-refractivity contribution in [3.63, 3.8) is 0 Å². The summed E-state index contributed by atoms with van der Waals surface area (Å²) in [6, 6.07) is 0. The summed E-state index contributed by atoms with van der Waals surface area (Å²) in [7, 11) is 2.24. The lowest BCUT2D eigenvalue weighted by atomic mass is 11.6. The SMILES string of the molecule is CN([SiH](I)I)[SiH](I)I. The molecule has 1 nitrogen and oxygen atoms in total. The summed E-state index contributed by atoms with van der Waals surface area (Å²) in [5.74, 6) is 0. The Balaban J connectivity index is 3.46. The molecular formula is CH5I4NSi2. The van der Waals surface area contributed by atoms with Crippen molar-refractivity contribution in [2.45, 2.75) is 0 Å². The molecule has 0 saturated heterocycles. The first kappa shape index (κ1) is 11.3. The zero-order valence-corrected chi connectivity index (χ0v) is 15.1. The smallest absolute Gasteiger partial charge is 0.242 e. The molecule has 0 spiro atoms. The molecular weight excluding hydrogens is 590 g/mol. The molecule has 0 aromatic carbocycles. The number of hydrogen-bond acceptors (Lipinski definition) is 1. The molecule has 0 rings (SSSR count). The van der Waals surface area contributed by atoms with Gasteiger partial charge < -0.3 is 4.23 Å². The van der Waals surface area contributed by atoms with E-state index in [0.29, 0.717) is 0 Å². The van der Waals surface area contributed by atoms with Gasteiger partial charge in [0.1, 0.15) is 0 Å². The van der Waals surface area contributed by atoms with Crippen LogP contribution in [-0.2, 0) is 0 Å². The second kappa shape index (κ2) is 5.90. The van der Waals surface area contributed by atoms with Crippen LogP contribution in [0.2, 0.25) is 0 Å². The molecule has 0 aliphatic rings. The second-order valence-corrected chi connectivity index (χ2v) is 33.0. The third kappa shape index (κ3) is 5.03. The van der Waals surface area contributed by atoms with Gasteiger partial charge in [0.25, 0.3) is 0 Å². The fraction of sp³-hybridized carbons (Fsp3) is 1.00. The summed E-state index contributed by atoms with van der Waals surface area (Å²) < 4.78 is 1.55. The predicted octanol–water partition coefficient (Wildman–Crippen LogP) is 2.09. The van der Waals surface area contributed by atoms with E-state index in [2.05, 4.69) is 98.5 Å². The van der Waals surface area contributed by atoms with Crippen LogP contribution in [-0.4, -0.2) is 19.2 Å². The van der Waals surface area contributed by atoms with E-state index in [-0.39, 0.29) is 0 Å². The Labute approximate surface area is 104 Å². The highest BCUT2D eigenvalue weighted by Gasteiger charge is 2.14. The molecule has 0 saturated carbocycles. The Morgan fingerprint density at radius 3 is 1.25 bits per heavy atom. The Hall–Kier alpha value is 3.31. The van der Waals surface area contributed by atoms with Gasteiger partial charge >= 0.3 is 0 Å². The number of rotatable bonds is 2. The van der Waals surface area contributed by atoms with E-state index in [1.165, 1.54) is 0 Å². The lowest BCUT2D eigenvalue weighted by Gasteiger charge is -2.17. The fourth-order valence-electron chi connectivity index (χ4n) is 0.0852. The van der Waals surface area contributed by atoms with E-state index in [4.69, 9.17) is 0 Å². The summed E-state index contributed by atoms with van der Waals surface area (Å²) in [5.41, 5.74) is 0. The lowest BCUT2D eigenvalue weighted by Crippen LogP contribution is -2.32. The molecule has 0 radical (unpaired) electrons. The molecule has 50 valence electrons. The van der Waals surface area contributed by atoms with Crippen molar-refractivity contribution in [2.24, 2.45) is 0 Å². The molecule has 0 aromatic heterocycles. The van der Waals surface area contributed by atoms with Crippen molar-refractivity contribution < 1.29 is 0 Å². The van der Waals surface area contributed by atoms with E-state index in [1.54, 1.807) is 0 Å². The van der Waals surface area contributed by atoms with Crippen molar-refractivity contribution in [3.05, 3.63) is 0 Å². The summed E-state index contributed by atoms with van der Waals surface area (Å²) in [4.78, 5) is 0.